The van der Waals surface area contributed by atoms with E-state index >= 15 is 0 Å². The van der Waals surface area contributed by atoms with Gasteiger partial charge in [-0.1, -0.05) is 52.0 Å². The fraction of sp³-hybridized carbons (Fsp3) is 0.600. The molecule has 1 rings (SSSR count). The average Bonchev–Trinajstić information content (AvgIpc) is 2.27. The molecule has 0 amide bonds. The lowest BCUT2D eigenvalue weighted by Gasteiger charge is -2.22. The molecule has 0 aliphatic rings. The highest BCUT2D eigenvalue weighted by atomic mass is 15.1. The van der Waals surface area contributed by atoms with Crippen LogP contribution in [0.25, 0.3) is 0 Å². The second-order valence-electron chi connectivity index (χ2n) is 5.83. The van der Waals surface area contributed by atoms with Gasteiger partial charge in [-0.3, -0.25) is 0 Å². The quantitative estimate of drug-likeness (QED) is 0.868. The van der Waals surface area contributed by atoms with Crippen molar-refractivity contribution in [1.82, 2.24) is 4.90 Å². The summed E-state index contributed by atoms with van der Waals surface area (Å²) in [6, 6.07) is 8.82. The number of likely N-dealkylation sites (N-methyl/N-ethyl adjacent to an activating group) is 1. The Balaban J connectivity index is 2.74. The van der Waals surface area contributed by atoms with Crippen LogP contribution in [-0.4, -0.2) is 25.0 Å². The third kappa shape index (κ3) is 4.14. The van der Waals surface area contributed by atoms with Crippen LogP contribution in [0.4, 0.5) is 0 Å². The Morgan fingerprint density at radius 2 is 1.71 bits per heavy atom. The van der Waals surface area contributed by atoms with E-state index in [1.54, 1.807) is 0 Å². The second kappa shape index (κ2) is 5.65. The molecule has 0 spiro atoms. The minimum absolute atomic E-state index is 0.106. The van der Waals surface area contributed by atoms with Crippen molar-refractivity contribution < 1.29 is 0 Å². The summed E-state index contributed by atoms with van der Waals surface area (Å²) in [7, 11) is 2.10. The number of hydrogen-bond donors (Lipinski definition) is 1. The van der Waals surface area contributed by atoms with Gasteiger partial charge in [0.15, 0.2) is 0 Å². The normalized spacial score (nSPS) is 14.1. The molecule has 0 heterocycles. The van der Waals surface area contributed by atoms with Crippen LogP contribution in [0.5, 0.6) is 0 Å². The van der Waals surface area contributed by atoms with Gasteiger partial charge in [-0.15, -0.1) is 0 Å². The van der Waals surface area contributed by atoms with Crippen LogP contribution in [-0.2, 0) is 5.41 Å². The molecule has 1 unspecified atom stereocenters. The number of rotatable bonds is 4. The van der Waals surface area contributed by atoms with Gasteiger partial charge < -0.3 is 10.6 Å². The Hall–Kier alpha value is -0.860. The smallest absolute Gasteiger partial charge is 0.0424 e. The van der Waals surface area contributed by atoms with Crippen molar-refractivity contribution in [2.24, 2.45) is 5.73 Å². The Labute approximate surface area is 106 Å². The number of nitrogens with zero attached hydrogens (tertiary/aromatic N) is 1. The van der Waals surface area contributed by atoms with Crippen LogP contribution in [0.3, 0.4) is 0 Å². The molecular weight excluding hydrogens is 208 g/mol. The van der Waals surface area contributed by atoms with Gasteiger partial charge in [-0.25, -0.2) is 0 Å². The standard InChI is InChI=1S/C15H26N2/c1-6-17(5)11-14(16)12-7-9-13(10-8-12)15(2,3)4/h7-10,14H,6,11,16H2,1-5H3. The summed E-state index contributed by atoms with van der Waals surface area (Å²) in [5.41, 5.74) is 8.98. The lowest BCUT2D eigenvalue weighted by Crippen LogP contribution is -2.28. The minimum atomic E-state index is 0.106. The molecule has 0 aromatic heterocycles. The van der Waals surface area contributed by atoms with E-state index in [1.807, 2.05) is 0 Å². The molecule has 0 saturated heterocycles. The first-order valence-electron chi connectivity index (χ1n) is 6.39. The number of hydrogen-bond acceptors (Lipinski definition) is 2. The molecule has 1 aromatic carbocycles. The summed E-state index contributed by atoms with van der Waals surface area (Å²) in [6.07, 6.45) is 0. The van der Waals surface area contributed by atoms with Crippen molar-refractivity contribution in [3.63, 3.8) is 0 Å². The zero-order chi connectivity index (χ0) is 13.1. The largest absolute Gasteiger partial charge is 0.323 e. The summed E-state index contributed by atoms with van der Waals surface area (Å²) in [5, 5.41) is 0. The molecule has 0 radical (unpaired) electrons. The third-order valence-corrected chi connectivity index (χ3v) is 3.25. The maximum absolute atomic E-state index is 6.19. The van der Waals surface area contributed by atoms with Crippen LogP contribution in [0.1, 0.15) is 44.9 Å². The Bertz CT molecular complexity index is 335. The average molecular weight is 234 g/mol. The van der Waals surface area contributed by atoms with Crippen LogP contribution in [0, 0.1) is 0 Å². The van der Waals surface area contributed by atoms with Crippen molar-refractivity contribution in [3.8, 4) is 0 Å². The lowest BCUT2D eigenvalue weighted by molar-refractivity contribution is 0.329. The van der Waals surface area contributed by atoms with Gasteiger partial charge in [0, 0.05) is 12.6 Å². The Morgan fingerprint density at radius 1 is 1.18 bits per heavy atom. The zero-order valence-electron chi connectivity index (χ0n) is 11.8. The Kier molecular flexibility index (Phi) is 4.72. The Morgan fingerprint density at radius 3 is 2.12 bits per heavy atom. The van der Waals surface area contributed by atoms with Gasteiger partial charge >= 0.3 is 0 Å². The van der Waals surface area contributed by atoms with Crippen LogP contribution < -0.4 is 5.73 Å². The zero-order valence-corrected chi connectivity index (χ0v) is 11.8. The maximum atomic E-state index is 6.19. The summed E-state index contributed by atoms with van der Waals surface area (Å²) in [6.45, 7) is 10.8. The first-order chi connectivity index (χ1) is 7.84. The van der Waals surface area contributed by atoms with E-state index in [0.717, 1.165) is 13.1 Å². The molecule has 96 valence electrons. The third-order valence-electron chi connectivity index (χ3n) is 3.25. The molecule has 0 fully saturated rings. The molecule has 2 N–H and O–H groups in total. The fourth-order valence-corrected chi connectivity index (χ4v) is 1.80. The molecule has 0 bridgehead atoms. The van der Waals surface area contributed by atoms with E-state index in [2.05, 4.69) is 63.9 Å². The van der Waals surface area contributed by atoms with Crippen molar-refractivity contribution in [1.29, 1.82) is 0 Å². The molecule has 0 aliphatic carbocycles. The van der Waals surface area contributed by atoms with E-state index in [9.17, 15) is 0 Å². The topological polar surface area (TPSA) is 29.3 Å². The second-order valence-corrected chi connectivity index (χ2v) is 5.83. The minimum Gasteiger partial charge on any atom is -0.323 e. The molecule has 0 aliphatic heterocycles. The first kappa shape index (κ1) is 14.2. The molecule has 17 heavy (non-hydrogen) atoms. The molecule has 2 nitrogen and oxygen atoms in total. The van der Waals surface area contributed by atoms with Gasteiger partial charge in [0.2, 0.25) is 0 Å². The van der Waals surface area contributed by atoms with Crippen LogP contribution in [0.2, 0.25) is 0 Å². The molecular formula is C15H26N2. The summed E-state index contributed by atoms with van der Waals surface area (Å²) in [5.74, 6) is 0. The van der Waals surface area contributed by atoms with Crippen molar-refractivity contribution in [3.05, 3.63) is 35.4 Å². The summed E-state index contributed by atoms with van der Waals surface area (Å²) >= 11 is 0. The fourth-order valence-electron chi connectivity index (χ4n) is 1.80. The van der Waals surface area contributed by atoms with Gasteiger partial charge in [-0.05, 0) is 30.1 Å². The van der Waals surface area contributed by atoms with E-state index in [4.69, 9.17) is 5.73 Å². The van der Waals surface area contributed by atoms with E-state index in [0.29, 0.717) is 0 Å². The van der Waals surface area contributed by atoms with Gasteiger partial charge in [0.05, 0.1) is 0 Å². The van der Waals surface area contributed by atoms with Gasteiger partial charge in [0.1, 0.15) is 0 Å². The highest BCUT2D eigenvalue weighted by Crippen LogP contribution is 2.23. The SMILES string of the molecule is CCN(C)CC(N)c1ccc(C(C)(C)C)cc1. The van der Waals surface area contributed by atoms with Crippen LogP contribution >= 0.6 is 0 Å². The first-order valence-corrected chi connectivity index (χ1v) is 6.39. The molecule has 1 aromatic rings. The van der Waals surface area contributed by atoms with E-state index < -0.39 is 0 Å². The van der Waals surface area contributed by atoms with E-state index in [-0.39, 0.29) is 11.5 Å². The highest BCUT2D eigenvalue weighted by Gasteiger charge is 2.14. The molecule has 2 heteroatoms. The van der Waals surface area contributed by atoms with Gasteiger partial charge in [-0.2, -0.15) is 0 Å². The monoisotopic (exact) mass is 234 g/mol. The van der Waals surface area contributed by atoms with Crippen molar-refractivity contribution in [2.45, 2.75) is 39.2 Å². The predicted molar refractivity (Wildman–Crippen MR) is 75.2 cm³/mol. The van der Waals surface area contributed by atoms with Crippen LogP contribution in [0.15, 0.2) is 24.3 Å². The van der Waals surface area contributed by atoms with Gasteiger partial charge in [0.25, 0.3) is 0 Å². The number of nitrogens with two attached hydrogens (primary N) is 1. The highest BCUT2D eigenvalue weighted by molar-refractivity contribution is 5.29. The maximum Gasteiger partial charge on any atom is 0.0424 e. The summed E-state index contributed by atoms with van der Waals surface area (Å²) < 4.78 is 0. The van der Waals surface area contributed by atoms with E-state index in [1.165, 1.54) is 11.1 Å². The van der Waals surface area contributed by atoms with Crippen molar-refractivity contribution >= 4 is 0 Å². The van der Waals surface area contributed by atoms with Crippen molar-refractivity contribution in [2.75, 3.05) is 20.1 Å². The predicted octanol–water partition coefficient (Wildman–Crippen LogP) is 2.94. The molecule has 0 saturated carbocycles. The lowest BCUT2D eigenvalue weighted by atomic mass is 9.86. The summed E-state index contributed by atoms with van der Waals surface area (Å²) in [4.78, 5) is 2.24. The molecule has 1 atom stereocenters. The number of benzene rings is 1.